The van der Waals surface area contributed by atoms with E-state index in [4.69, 9.17) is 0 Å². The number of piperazine rings is 1. The minimum absolute atomic E-state index is 0.208. The van der Waals surface area contributed by atoms with E-state index in [-0.39, 0.29) is 11.2 Å². The molecule has 1 saturated carbocycles. The zero-order valence-corrected chi connectivity index (χ0v) is 16.6. The van der Waals surface area contributed by atoms with Gasteiger partial charge in [0.05, 0.1) is 5.69 Å². The Morgan fingerprint density at radius 1 is 1.00 bits per heavy atom. The standard InChI is InChI=1S/C18H25FN6S/c1-11-13(19)15(22-16(20-11)18(2,3)4)24-7-9-25(10-8-24)17-21-14(23-26-17)12-5-6-12/h12H,5-10H2,1-4H3. The third-order valence-electron chi connectivity index (χ3n) is 4.89. The average molecular weight is 377 g/mol. The van der Waals surface area contributed by atoms with Gasteiger partial charge in [-0.1, -0.05) is 20.8 Å². The van der Waals surface area contributed by atoms with Crippen molar-refractivity contribution < 1.29 is 4.39 Å². The molecular weight excluding hydrogens is 351 g/mol. The van der Waals surface area contributed by atoms with Crippen LogP contribution in [0.1, 0.15) is 56.9 Å². The monoisotopic (exact) mass is 376 g/mol. The maximum atomic E-state index is 14.7. The van der Waals surface area contributed by atoms with Gasteiger partial charge in [-0.2, -0.15) is 4.37 Å². The summed E-state index contributed by atoms with van der Waals surface area (Å²) in [5.41, 5.74) is 0.210. The molecule has 2 aliphatic rings. The largest absolute Gasteiger partial charge is 0.351 e. The lowest BCUT2D eigenvalue weighted by Crippen LogP contribution is -2.47. The van der Waals surface area contributed by atoms with Crippen LogP contribution in [0, 0.1) is 12.7 Å². The van der Waals surface area contributed by atoms with Gasteiger partial charge in [-0.15, -0.1) is 0 Å². The van der Waals surface area contributed by atoms with Crippen LogP contribution in [0.3, 0.4) is 0 Å². The third-order valence-corrected chi connectivity index (χ3v) is 5.68. The first-order valence-electron chi connectivity index (χ1n) is 9.21. The molecule has 4 rings (SSSR count). The number of hydrogen-bond donors (Lipinski definition) is 0. The first-order valence-corrected chi connectivity index (χ1v) is 9.98. The molecule has 0 bridgehead atoms. The van der Waals surface area contributed by atoms with Crippen LogP contribution in [0.4, 0.5) is 15.3 Å². The van der Waals surface area contributed by atoms with Crippen LogP contribution >= 0.6 is 11.5 Å². The lowest BCUT2D eigenvalue weighted by molar-refractivity contribution is 0.516. The summed E-state index contributed by atoms with van der Waals surface area (Å²) in [6, 6.07) is 0. The van der Waals surface area contributed by atoms with E-state index >= 15 is 0 Å². The molecule has 1 aliphatic carbocycles. The zero-order valence-electron chi connectivity index (χ0n) is 15.8. The predicted molar refractivity (Wildman–Crippen MR) is 102 cm³/mol. The van der Waals surface area contributed by atoms with E-state index in [0.717, 1.165) is 37.1 Å². The number of aryl methyl sites for hydroxylation is 1. The van der Waals surface area contributed by atoms with E-state index in [1.165, 1.54) is 24.4 Å². The van der Waals surface area contributed by atoms with Crippen molar-refractivity contribution in [1.82, 2.24) is 19.3 Å². The quantitative estimate of drug-likeness (QED) is 0.819. The molecular formula is C18H25FN6S. The molecule has 2 aromatic heterocycles. The molecule has 0 spiro atoms. The van der Waals surface area contributed by atoms with E-state index < -0.39 is 0 Å². The van der Waals surface area contributed by atoms with Crippen molar-refractivity contribution in [3.8, 4) is 0 Å². The van der Waals surface area contributed by atoms with Gasteiger partial charge in [0.1, 0.15) is 11.6 Å². The van der Waals surface area contributed by atoms with E-state index in [1.807, 2.05) is 25.7 Å². The summed E-state index contributed by atoms with van der Waals surface area (Å²) in [5, 5.41) is 0.987. The van der Waals surface area contributed by atoms with Gasteiger partial charge < -0.3 is 9.80 Å². The first-order chi connectivity index (χ1) is 12.3. The molecule has 8 heteroatoms. The molecule has 0 radical (unpaired) electrons. The SMILES string of the molecule is Cc1nc(C(C)(C)C)nc(N2CCN(c3nc(C4CC4)ns3)CC2)c1F. The summed E-state index contributed by atoms with van der Waals surface area (Å²) < 4.78 is 19.2. The lowest BCUT2D eigenvalue weighted by atomic mass is 9.95. The molecule has 0 atom stereocenters. The van der Waals surface area contributed by atoms with Crippen molar-refractivity contribution in [3.63, 3.8) is 0 Å². The molecule has 2 aromatic rings. The van der Waals surface area contributed by atoms with E-state index in [9.17, 15) is 4.39 Å². The maximum Gasteiger partial charge on any atom is 0.205 e. The molecule has 1 saturated heterocycles. The second-order valence-electron chi connectivity index (χ2n) is 8.20. The molecule has 3 heterocycles. The highest BCUT2D eigenvalue weighted by molar-refractivity contribution is 7.09. The van der Waals surface area contributed by atoms with Crippen LogP contribution < -0.4 is 9.80 Å². The Kier molecular flexibility index (Phi) is 4.33. The summed E-state index contributed by atoms with van der Waals surface area (Å²) in [7, 11) is 0. The second-order valence-corrected chi connectivity index (χ2v) is 8.93. The fourth-order valence-electron chi connectivity index (χ4n) is 3.06. The molecule has 0 amide bonds. The zero-order chi connectivity index (χ0) is 18.5. The Labute approximate surface area is 157 Å². The van der Waals surface area contributed by atoms with Gasteiger partial charge in [0.2, 0.25) is 5.13 Å². The molecule has 2 fully saturated rings. The van der Waals surface area contributed by atoms with Crippen LogP contribution in [0.2, 0.25) is 0 Å². The normalized spacial score (nSPS) is 18.5. The van der Waals surface area contributed by atoms with E-state index in [2.05, 4.69) is 24.2 Å². The van der Waals surface area contributed by atoms with Crippen molar-refractivity contribution in [2.24, 2.45) is 0 Å². The Morgan fingerprint density at radius 3 is 2.27 bits per heavy atom. The lowest BCUT2D eigenvalue weighted by Gasteiger charge is -2.35. The smallest absolute Gasteiger partial charge is 0.205 e. The fourth-order valence-corrected chi connectivity index (χ4v) is 3.86. The van der Waals surface area contributed by atoms with Gasteiger partial charge in [0.15, 0.2) is 11.6 Å². The van der Waals surface area contributed by atoms with Crippen molar-refractivity contribution in [2.75, 3.05) is 36.0 Å². The van der Waals surface area contributed by atoms with Gasteiger partial charge in [0, 0.05) is 49.0 Å². The van der Waals surface area contributed by atoms with Gasteiger partial charge in [-0.25, -0.2) is 19.3 Å². The number of nitrogens with zero attached hydrogens (tertiary/aromatic N) is 6. The molecule has 26 heavy (non-hydrogen) atoms. The van der Waals surface area contributed by atoms with Crippen molar-refractivity contribution >= 4 is 22.5 Å². The third kappa shape index (κ3) is 3.39. The summed E-state index contributed by atoms with van der Waals surface area (Å²) in [6.45, 7) is 10.9. The Balaban J connectivity index is 1.49. The highest BCUT2D eigenvalue weighted by Crippen LogP contribution is 2.39. The minimum Gasteiger partial charge on any atom is -0.351 e. The highest BCUT2D eigenvalue weighted by atomic mass is 32.1. The number of hydrogen-bond acceptors (Lipinski definition) is 7. The van der Waals surface area contributed by atoms with Crippen molar-refractivity contribution in [1.29, 1.82) is 0 Å². The summed E-state index contributed by atoms with van der Waals surface area (Å²) in [5.74, 6) is 2.39. The molecule has 1 aliphatic heterocycles. The minimum atomic E-state index is -0.307. The number of halogens is 1. The van der Waals surface area contributed by atoms with Gasteiger partial charge >= 0.3 is 0 Å². The van der Waals surface area contributed by atoms with Gasteiger partial charge in [-0.3, -0.25) is 0 Å². The van der Waals surface area contributed by atoms with Crippen molar-refractivity contribution in [3.05, 3.63) is 23.2 Å². The molecule has 0 unspecified atom stereocenters. The molecule has 0 aromatic carbocycles. The number of aromatic nitrogens is 4. The first kappa shape index (κ1) is 17.6. The summed E-state index contributed by atoms with van der Waals surface area (Å²) >= 11 is 1.48. The highest BCUT2D eigenvalue weighted by Gasteiger charge is 2.30. The van der Waals surface area contributed by atoms with E-state index in [1.54, 1.807) is 6.92 Å². The predicted octanol–water partition coefficient (Wildman–Crippen LogP) is 3.28. The van der Waals surface area contributed by atoms with E-state index in [0.29, 0.717) is 23.3 Å². The molecule has 0 N–H and O–H groups in total. The van der Waals surface area contributed by atoms with Gasteiger partial charge in [-0.05, 0) is 19.8 Å². The topological polar surface area (TPSA) is 58.0 Å². The molecule has 140 valence electrons. The summed E-state index contributed by atoms with van der Waals surface area (Å²) in [4.78, 5) is 17.9. The van der Waals surface area contributed by atoms with Crippen molar-refractivity contribution in [2.45, 2.75) is 51.9 Å². The fraction of sp³-hybridized carbons (Fsp3) is 0.667. The molecule has 6 nitrogen and oxygen atoms in total. The average Bonchev–Trinajstić information content (AvgIpc) is 3.34. The Bertz CT molecular complexity index is 802. The van der Waals surface area contributed by atoms with Crippen LogP contribution in [0.15, 0.2) is 0 Å². The Morgan fingerprint density at radius 2 is 1.65 bits per heavy atom. The number of rotatable bonds is 3. The van der Waals surface area contributed by atoms with Crippen LogP contribution in [-0.4, -0.2) is 45.5 Å². The summed E-state index contributed by atoms with van der Waals surface area (Å²) in [6.07, 6.45) is 2.43. The van der Waals surface area contributed by atoms with Crippen LogP contribution in [0.5, 0.6) is 0 Å². The second kappa shape index (κ2) is 6.40. The number of anilines is 2. The maximum absolute atomic E-state index is 14.7. The Hall–Kier alpha value is -1.83. The van der Waals surface area contributed by atoms with Gasteiger partial charge in [0.25, 0.3) is 0 Å². The van der Waals surface area contributed by atoms with Crippen LogP contribution in [-0.2, 0) is 5.41 Å². The van der Waals surface area contributed by atoms with Crippen LogP contribution in [0.25, 0.3) is 0 Å².